The van der Waals surface area contributed by atoms with Gasteiger partial charge in [0, 0.05) is 0 Å². The maximum absolute atomic E-state index is 12.2. The zero-order valence-electron chi connectivity index (χ0n) is 19.9. The molecule has 4 nitrogen and oxygen atoms in total. The highest BCUT2D eigenvalue weighted by Gasteiger charge is 2.28. The highest BCUT2D eigenvalue weighted by Crippen LogP contribution is 2.36. The Hall–Kier alpha value is -1.06. The van der Waals surface area contributed by atoms with E-state index in [0.717, 1.165) is 51.4 Å². The maximum Gasteiger partial charge on any atom is 0.355 e. The van der Waals surface area contributed by atoms with Gasteiger partial charge in [-0.2, -0.15) is 0 Å². The minimum atomic E-state index is -0.435. The summed E-state index contributed by atoms with van der Waals surface area (Å²) < 4.78 is 0. The SMILES string of the molecule is CCC(CC(=O)OOC(=O)CC(CC)CC(C)(CC)CC)CC(C)(CC)CC. The lowest BCUT2D eigenvalue weighted by Gasteiger charge is -2.31. The average molecular weight is 399 g/mol. The molecule has 0 radical (unpaired) electrons. The summed E-state index contributed by atoms with van der Waals surface area (Å²) in [4.78, 5) is 34.0. The molecule has 4 heteroatoms. The second kappa shape index (κ2) is 13.2. The summed E-state index contributed by atoms with van der Waals surface area (Å²) in [6.45, 7) is 17.5. The van der Waals surface area contributed by atoms with Crippen molar-refractivity contribution in [3.8, 4) is 0 Å². The van der Waals surface area contributed by atoms with E-state index in [2.05, 4.69) is 55.4 Å². The molecule has 0 aromatic carbocycles. The van der Waals surface area contributed by atoms with Gasteiger partial charge in [0.05, 0.1) is 12.8 Å². The van der Waals surface area contributed by atoms with Crippen LogP contribution < -0.4 is 0 Å². The Morgan fingerprint density at radius 2 is 0.929 bits per heavy atom. The Balaban J connectivity index is 4.50. The van der Waals surface area contributed by atoms with Crippen LogP contribution in [0.3, 0.4) is 0 Å². The fourth-order valence-corrected chi connectivity index (χ4v) is 3.83. The monoisotopic (exact) mass is 398 g/mol. The summed E-state index contributed by atoms with van der Waals surface area (Å²) in [5.74, 6) is -0.354. The van der Waals surface area contributed by atoms with Crippen molar-refractivity contribution in [3.05, 3.63) is 0 Å². The first-order valence-corrected chi connectivity index (χ1v) is 11.5. The van der Waals surface area contributed by atoms with Gasteiger partial charge in [0.15, 0.2) is 0 Å². The molecule has 0 aliphatic carbocycles. The van der Waals surface area contributed by atoms with Gasteiger partial charge in [-0.15, -0.1) is 0 Å². The number of carbonyl (C=O) groups is 2. The predicted molar refractivity (Wildman–Crippen MR) is 116 cm³/mol. The quantitative estimate of drug-likeness (QED) is 0.228. The standard InChI is InChI=1S/C24H46O4/c1-9-19(17-23(7,11-3)12-4)15-21(25)27-28-22(26)16-20(10-2)18-24(8,13-5)14-6/h19-20H,9-18H2,1-8H3. The zero-order valence-corrected chi connectivity index (χ0v) is 19.9. The number of carbonyl (C=O) groups excluding carboxylic acids is 2. The molecule has 0 saturated heterocycles. The zero-order chi connectivity index (χ0) is 21.8. The Kier molecular flexibility index (Phi) is 12.7. The van der Waals surface area contributed by atoms with Crippen LogP contribution in [0.25, 0.3) is 0 Å². The van der Waals surface area contributed by atoms with Crippen molar-refractivity contribution < 1.29 is 19.4 Å². The lowest BCUT2D eigenvalue weighted by atomic mass is 9.75. The maximum atomic E-state index is 12.2. The van der Waals surface area contributed by atoms with E-state index in [1.807, 2.05) is 0 Å². The summed E-state index contributed by atoms with van der Waals surface area (Å²) in [6.07, 6.45) is 8.81. The molecule has 0 aliphatic heterocycles. The second-order valence-corrected chi connectivity index (χ2v) is 9.31. The fraction of sp³-hybridized carbons (Fsp3) is 0.917. The van der Waals surface area contributed by atoms with Gasteiger partial charge >= 0.3 is 11.9 Å². The van der Waals surface area contributed by atoms with E-state index in [-0.39, 0.29) is 22.7 Å². The van der Waals surface area contributed by atoms with E-state index in [4.69, 9.17) is 9.78 Å². The van der Waals surface area contributed by atoms with Crippen LogP contribution >= 0.6 is 0 Å². The predicted octanol–water partition coefficient (Wildman–Crippen LogP) is 7.25. The molecule has 166 valence electrons. The lowest BCUT2D eigenvalue weighted by molar-refractivity contribution is -0.260. The van der Waals surface area contributed by atoms with Gasteiger partial charge in [-0.05, 0) is 35.5 Å². The Labute approximate surface area is 174 Å². The van der Waals surface area contributed by atoms with Gasteiger partial charge in [0.1, 0.15) is 0 Å². The molecule has 0 bridgehead atoms. The van der Waals surface area contributed by atoms with Gasteiger partial charge in [0.25, 0.3) is 0 Å². The van der Waals surface area contributed by atoms with Crippen LogP contribution in [0.15, 0.2) is 0 Å². The van der Waals surface area contributed by atoms with E-state index in [1.54, 1.807) is 0 Å². The van der Waals surface area contributed by atoms with Crippen LogP contribution in [-0.2, 0) is 19.4 Å². The number of hydrogen-bond acceptors (Lipinski definition) is 4. The molecule has 0 rings (SSSR count). The molecule has 0 aromatic rings. The van der Waals surface area contributed by atoms with Crippen molar-refractivity contribution in [2.75, 3.05) is 0 Å². The van der Waals surface area contributed by atoms with Crippen LogP contribution in [0.2, 0.25) is 0 Å². The molecule has 0 N–H and O–H groups in total. The van der Waals surface area contributed by atoms with E-state index >= 15 is 0 Å². The minimum absolute atomic E-state index is 0.247. The van der Waals surface area contributed by atoms with Gasteiger partial charge in [-0.1, -0.05) is 93.9 Å². The number of rotatable bonds is 14. The average Bonchev–Trinajstić information content (AvgIpc) is 2.70. The Morgan fingerprint density at radius 3 is 1.14 bits per heavy atom. The molecule has 2 unspecified atom stereocenters. The Morgan fingerprint density at radius 1 is 0.643 bits per heavy atom. The molecule has 0 amide bonds. The first-order chi connectivity index (χ1) is 13.1. The molecular formula is C24H46O4. The molecule has 2 atom stereocenters. The summed E-state index contributed by atoms with van der Waals surface area (Å²) in [5.41, 5.74) is 0.494. The van der Waals surface area contributed by atoms with Crippen molar-refractivity contribution in [3.63, 3.8) is 0 Å². The molecule has 0 aromatic heterocycles. The third-order valence-electron chi connectivity index (χ3n) is 7.27. The van der Waals surface area contributed by atoms with Crippen LogP contribution in [0.5, 0.6) is 0 Å². The molecular weight excluding hydrogens is 352 g/mol. The van der Waals surface area contributed by atoms with Crippen molar-refractivity contribution in [2.45, 2.75) is 120 Å². The normalized spacial score (nSPS) is 14.4. The molecule has 0 fully saturated rings. The highest BCUT2D eigenvalue weighted by atomic mass is 17.2. The smallest absolute Gasteiger partial charge is 0.247 e. The summed E-state index contributed by atoms with van der Waals surface area (Å²) in [6, 6.07) is 0. The van der Waals surface area contributed by atoms with Gasteiger partial charge < -0.3 is 0 Å². The van der Waals surface area contributed by atoms with E-state index < -0.39 is 11.9 Å². The lowest BCUT2D eigenvalue weighted by Crippen LogP contribution is -2.23. The van der Waals surface area contributed by atoms with Crippen LogP contribution in [0, 0.1) is 22.7 Å². The van der Waals surface area contributed by atoms with Crippen molar-refractivity contribution in [1.29, 1.82) is 0 Å². The number of hydrogen-bond donors (Lipinski definition) is 0. The van der Waals surface area contributed by atoms with E-state index in [1.165, 1.54) is 0 Å². The fourth-order valence-electron chi connectivity index (χ4n) is 3.83. The van der Waals surface area contributed by atoms with E-state index in [0.29, 0.717) is 12.8 Å². The first kappa shape index (κ1) is 26.9. The Bertz CT molecular complexity index is 408. The van der Waals surface area contributed by atoms with Crippen LogP contribution in [-0.4, -0.2) is 11.9 Å². The third kappa shape index (κ3) is 9.93. The minimum Gasteiger partial charge on any atom is -0.247 e. The van der Waals surface area contributed by atoms with Crippen molar-refractivity contribution in [1.82, 2.24) is 0 Å². The van der Waals surface area contributed by atoms with E-state index in [9.17, 15) is 9.59 Å². The molecule has 0 heterocycles. The van der Waals surface area contributed by atoms with Gasteiger partial charge in [0.2, 0.25) is 0 Å². The summed E-state index contributed by atoms with van der Waals surface area (Å²) in [7, 11) is 0. The van der Waals surface area contributed by atoms with Crippen LogP contribution in [0.4, 0.5) is 0 Å². The molecule has 28 heavy (non-hydrogen) atoms. The highest BCUT2D eigenvalue weighted by molar-refractivity contribution is 5.73. The first-order valence-electron chi connectivity index (χ1n) is 11.5. The van der Waals surface area contributed by atoms with Gasteiger partial charge in [-0.3, -0.25) is 0 Å². The second-order valence-electron chi connectivity index (χ2n) is 9.31. The largest absolute Gasteiger partial charge is 0.355 e. The van der Waals surface area contributed by atoms with Crippen LogP contribution in [0.1, 0.15) is 120 Å². The van der Waals surface area contributed by atoms with Crippen molar-refractivity contribution >= 4 is 11.9 Å². The summed E-state index contributed by atoms with van der Waals surface area (Å²) >= 11 is 0. The topological polar surface area (TPSA) is 52.6 Å². The van der Waals surface area contributed by atoms with Gasteiger partial charge in [-0.25, -0.2) is 19.4 Å². The molecule has 0 saturated carbocycles. The van der Waals surface area contributed by atoms with Crippen molar-refractivity contribution in [2.24, 2.45) is 22.7 Å². The third-order valence-corrected chi connectivity index (χ3v) is 7.27. The molecule has 0 spiro atoms. The molecule has 0 aliphatic rings. The summed E-state index contributed by atoms with van der Waals surface area (Å²) in [5, 5.41) is 0.